The maximum absolute atomic E-state index is 12.6. The van der Waals surface area contributed by atoms with Gasteiger partial charge >= 0.3 is 0 Å². The van der Waals surface area contributed by atoms with Crippen molar-refractivity contribution in [3.63, 3.8) is 0 Å². The van der Waals surface area contributed by atoms with Crippen LogP contribution in [0.5, 0.6) is 0 Å². The van der Waals surface area contributed by atoms with E-state index < -0.39 is 0 Å². The molecule has 5 nitrogen and oxygen atoms in total. The average Bonchev–Trinajstić information content (AvgIpc) is 2.97. The van der Waals surface area contributed by atoms with E-state index >= 15 is 0 Å². The van der Waals surface area contributed by atoms with Crippen LogP contribution in [0.1, 0.15) is 18.9 Å². The van der Waals surface area contributed by atoms with Gasteiger partial charge in [-0.15, -0.1) is 24.8 Å². The summed E-state index contributed by atoms with van der Waals surface area (Å²) in [6, 6.07) is 8.00. The number of halogens is 3. The van der Waals surface area contributed by atoms with Crippen LogP contribution in [0.15, 0.2) is 24.3 Å². The lowest BCUT2D eigenvalue weighted by molar-refractivity contribution is -0.134. The minimum atomic E-state index is 0. The topological polar surface area (TPSA) is 52.8 Å². The van der Waals surface area contributed by atoms with Crippen molar-refractivity contribution in [1.82, 2.24) is 14.7 Å². The van der Waals surface area contributed by atoms with E-state index in [-0.39, 0.29) is 36.1 Å². The van der Waals surface area contributed by atoms with Crippen LogP contribution in [0.4, 0.5) is 0 Å². The molecule has 1 aromatic rings. The van der Waals surface area contributed by atoms with Crippen LogP contribution in [0, 0.1) is 5.41 Å². The molecule has 2 saturated heterocycles. The summed E-state index contributed by atoms with van der Waals surface area (Å²) in [7, 11) is 0. The highest BCUT2D eigenvalue weighted by Crippen LogP contribution is 2.28. The Morgan fingerprint density at radius 1 is 1.15 bits per heavy atom. The Morgan fingerprint density at radius 3 is 2.44 bits per heavy atom. The summed E-state index contributed by atoms with van der Waals surface area (Å²) < 4.78 is 0. The van der Waals surface area contributed by atoms with Gasteiger partial charge in [-0.25, -0.2) is 0 Å². The zero-order valence-corrected chi connectivity index (χ0v) is 18.3. The summed E-state index contributed by atoms with van der Waals surface area (Å²) in [4.78, 5) is 19.2. The van der Waals surface area contributed by atoms with Gasteiger partial charge in [-0.2, -0.15) is 0 Å². The molecular weight excluding hydrogens is 407 g/mol. The van der Waals surface area contributed by atoms with Gasteiger partial charge in [-0.1, -0.05) is 30.7 Å². The molecule has 1 aromatic carbocycles. The number of rotatable bonds is 5. The largest absolute Gasteiger partial charge is 0.339 e. The van der Waals surface area contributed by atoms with Gasteiger partial charge in [0.15, 0.2) is 0 Å². The van der Waals surface area contributed by atoms with E-state index in [2.05, 4.69) is 22.8 Å². The number of nitrogens with zero attached hydrogens (tertiary/aromatic N) is 3. The van der Waals surface area contributed by atoms with Crippen molar-refractivity contribution < 1.29 is 4.79 Å². The third-order valence-corrected chi connectivity index (χ3v) is 5.74. The Morgan fingerprint density at radius 2 is 1.85 bits per heavy atom. The number of likely N-dealkylation sites (tertiary alicyclic amines) is 1. The molecule has 2 aliphatic rings. The van der Waals surface area contributed by atoms with Crippen molar-refractivity contribution in [2.75, 3.05) is 52.4 Å². The molecule has 2 heterocycles. The highest BCUT2D eigenvalue weighted by molar-refractivity contribution is 6.30. The van der Waals surface area contributed by atoms with Gasteiger partial charge in [0.25, 0.3) is 0 Å². The lowest BCUT2D eigenvalue weighted by Crippen LogP contribution is -2.50. The van der Waals surface area contributed by atoms with E-state index in [1.807, 2.05) is 23.1 Å². The van der Waals surface area contributed by atoms with Gasteiger partial charge in [-0.3, -0.25) is 14.6 Å². The molecule has 8 heteroatoms. The normalized spacial score (nSPS) is 23.6. The average molecular weight is 438 g/mol. The van der Waals surface area contributed by atoms with Crippen molar-refractivity contribution in [3.05, 3.63) is 34.9 Å². The number of carbonyl (C=O) groups excluding carboxylic acids is 1. The first kappa shape index (κ1) is 24.5. The summed E-state index contributed by atoms with van der Waals surface area (Å²) >= 11 is 6.05. The van der Waals surface area contributed by atoms with Crippen LogP contribution in [0.3, 0.4) is 0 Å². The lowest BCUT2D eigenvalue weighted by Gasteiger charge is -2.35. The Labute approximate surface area is 180 Å². The first-order chi connectivity index (χ1) is 12.0. The Kier molecular flexibility index (Phi) is 9.83. The smallest absolute Gasteiger partial charge is 0.236 e. The van der Waals surface area contributed by atoms with Crippen LogP contribution in [-0.4, -0.2) is 73.0 Å². The first-order valence-electron chi connectivity index (χ1n) is 9.14. The molecule has 1 amide bonds. The second-order valence-electron chi connectivity index (χ2n) is 7.76. The van der Waals surface area contributed by atoms with Crippen LogP contribution in [-0.2, 0) is 11.3 Å². The third kappa shape index (κ3) is 6.77. The van der Waals surface area contributed by atoms with E-state index in [0.717, 1.165) is 57.3 Å². The molecule has 3 rings (SSSR count). The fourth-order valence-corrected chi connectivity index (χ4v) is 3.98. The highest BCUT2D eigenvalue weighted by Gasteiger charge is 2.34. The summed E-state index contributed by atoms with van der Waals surface area (Å²) in [6.07, 6.45) is 1.09. The van der Waals surface area contributed by atoms with Crippen molar-refractivity contribution >= 4 is 42.3 Å². The maximum Gasteiger partial charge on any atom is 0.236 e. The summed E-state index contributed by atoms with van der Waals surface area (Å²) in [5, 5.41) is 0.779. The number of hydrogen-bond donors (Lipinski definition) is 1. The van der Waals surface area contributed by atoms with E-state index in [4.69, 9.17) is 17.3 Å². The lowest BCUT2D eigenvalue weighted by atomic mass is 9.90. The molecule has 0 bridgehead atoms. The molecule has 0 saturated carbocycles. The van der Waals surface area contributed by atoms with Gasteiger partial charge in [-0.05, 0) is 42.6 Å². The first-order valence-corrected chi connectivity index (χ1v) is 9.52. The molecule has 2 N–H and O–H groups in total. The summed E-state index contributed by atoms with van der Waals surface area (Å²) in [5.41, 5.74) is 7.26. The van der Waals surface area contributed by atoms with E-state index in [1.165, 1.54) is 5.56 Å². The van der Waals surface area contributed by atoms with E-state index in [1.54, 1.807) is 0 Å². The predicted octanol–water partition coefficient (Wildman–Crippen LogP) is 2.50. The highest BCUT2D eigenvalue weighted by atomic mass is 35.5. The van der Waals surface area contributed by atoms with Gasteiger partial charge in [0.2, 0.25) is 5.91 Å². The molecular formula is C19H31Cl3N4O. The van der Waals surface area contributed by atoms with Gasteiger partial charge in [0.05, 0.1) is 6.54 Å². The molecule has 0 aromatic heterocycles. The quantitative estimate of drug-likeness (QED) is 0.769. The molecule has 2 aliphatic heterocycles. The molecule has 1 atom stereocenters. The fourth-order valence-electron chi connectivity index (χ4n) is 3.77. The van der Waals surface area contributed by atoms with Gasteiger partial charge in [0.1, 0.15) is 0 Å². The summed E-state index contributed by atoms with van der Waals surface area (Å²) in [5.74, 6) is 0.253. The fraction of sp³-hybridized carbons (Fsp3) is 0.632. The molecule has 2 fully saturated rings. The second kappa shape index (κ2) is 10.8. The minimum absolute atomic E-state index is 0. The van der Waals surface area contributed by atoms with Crippen LogP contribution < -0.4 is 5.73 Å². The molecule has 0 aliphatic carbocycles. The number of benzene rings is 1. The van der Waals surface area contributed by atoms with Crippen LogP contribution in [0.2, 0.25) is 5.02 Å². The molecule has 27 heavy (non-hydrogen) atoms. The van der Waals surface area contributed by atoms with Gasteiger partial charge < -0.3 is 10.6 Å². The van der Waals surface area contributed by atoms with Crippen molar-refractivity contribution in [2.45, 2.75) is 19.9 Å². The van der Waals surface area contributed by atoms with Crippen molar-refractivity contribution in [3.8, 4) is 0 Å². The SMILES string of the molecule is CC1(CN)CCN(CC(=O)N2CCN(Cc3cccc(Cl)c3)CC2)C1.Cl.Cl. The molecule has 0 radical (unpaired) electrons. The number of nitrogens with two attached hydrogens (primary N) is 1. The Hall–Kier alpha value is -0.560. The third-order valence-electron chi connectivity index (χ3n) is 5.51. The van der Waals surface area contributed by atoms with Crippen LogP contribution >= 0.6 is 36.4 Å². The number of hydrogen-bond acceptors (Lipinski definition) is 4. The molecule has 154 valence electrons. The number of piperazine rings is 1. The van der Waals surface area contributed by atoms with Crippen molar-refractivity contribution in [1.29, 1.82) is 0 Å². The van der Waals surface area contributed by atoms with Crippen molar-refractivity contribution in [2.24, 2.45) is 11.1 Å². The second-order valence-corrected chi connectivity index (χ2v) is 8.20. The number of amides is 1. The van der Waals surface area contributed by atoms with E-state index in [9.17, 15) is 4.79 Å². The predicted molar refractivity (Wildman–Crippen MR) is 116 cm³/mol. The molecule has 0 spiro atoms. The van der Waals surface area contributed by atoms with Crippen LogP contribution in [0.25, 0.3) is 0 Å². The Balaban J connectivity index is 0.00000182. The van der Waals surface area contributed by atoms with E-state index in [0.29, 0.717) is 13.1 Å². The summed E-state index contributed by atoms with van der Waals surface area (Å²) in [6.45, 7) is 9.69. The minimum Gasteiger partial charge on any atom is -0.339 e. The Bertz CT molecular complexity index is 610. The number of carbonyl (C=O) groups is 1. The zero-order chi connectivity index (χ0) is 17.9. The maximum atomic E-state index is 12.6. The van der Waals surface area contributed by atoms with Gasteiger partial charge in [0, 0.05) is 44.3 Å². The standard InChI is InChI=1S/C19H29ClN4O.2ClH/c1-19(14-21)5-6-23(15-19)13-18(25)24-9-7-22(8-10-24)12-16-3-2-4-17(20)11-16;;/h2-4,11H,5-10,12-15,21H2,1H3;2*1H. The molecule has 1 unspecified atom stereocenters. The monoisotopic (exact) mass is 436 g/mol. The zero-order valence-electron chi connectivity index (χ0n) is 15.9.